The maximum atomic E-state index is 9.45. The molecule has 4 nitrogen and oxygen atoms in total. The zero-order valence-corrected chi connectivity index (χ0v) is 14.4. The summed E-state index contributed by atoms with van der Waals surface area (Å²) in [5, 5.41) is 9.45. The zero-order valence-electron chi connectivity index (χ0n) is 14.4. The predicted octanol–water partition coefficient (Wildman–Crippen LogP) is 4.63. The Morgan fingerprint density at radius 3 is 2.36 bits per heavy atom. The van der Waals surface area contributed by atoms with Crippen molar-refractivity contribution in [1.82, 2.24) is 4.57 Å². The molecule has 0 saturated heterocycles. The number of aromatic nitrogens is 1. The average Bonchev–Trinajstić information content (AvgIpc) is 2.98. The molecule has 126 valence electrons. The second-order valence-electron chi connectivity index (χ2n) is 6.25. The van der Waals surface area contributed by atoms with Crippen LogP contribution in [0.5, 0.6) is 5.75 Å². The van der Waals surface area contributed by atoms with Crippen LogP contribution in [-0.4, -0.2) is 4.57 Å². The number of hydrogen-bond donors (Lipinski definition) is 1. The molecule has 3 rings (SSSR count). The van der Waals surface area contributed by atoms with Gasteiger partial charge in [0.05, 0.1) is 5.69 Å². The number of nitrogens with two attached hydrogens (primary N) is 1. The monoisotopic (exact) mass is 331 g/mol. The second-order valence-corrected chi connectivity index (χ2v) is 6.25. The van der Waals surface area contributed by atoms with Gasteiger partial charge in [0.2, 0.25) is 0 Å². The molecule has 0 unspecified atom stereocenters. The van der Waals surface area contributed by atoms with E-state index in [1.54, 1.807) is 0 Å². The number of ether oxygens (including phenoxy) is 1. The SMILES string of the molecule is CC(C)c1cn(-c2ccc(OCc3ccccc3)cc2)c(C#N)c1N. The molecule has 0 aliphatic rings. The van der Waals surface area contributed by atoms with Gasteiger partial charge < -0.3 is 15.0 Å². The van der Waals surface area contributed by atoms with Gasteiger partial charge in [-0.15, -0.1) is 0 Å². The number of nitriles is 1. The van der Waals surface area contributed by atoms with Crippen LogP contribution in [0.25, 0.3) is 5.69 Å². The van der Waals surface area contributed by atoms with Crippen molar-refractivity contribution in [1.29, 1.82) is 5.26 Å². The maximum Gasteiger partial charge on any atom is 0.148 e. The summed E-state index contributed by atoms with van der Waals surface area (Å²) in [5.41, 5.74) is 10.2. The van der Waals surface area contributed by atoms with Gasteiger partial charge in [0, 0.05) is 11.9 Å². The van der Waals surface area contributed by atoms with Crippen molar-refractivity contribution < 1.29 is 4.74 Å². The summed E-state index contributed by atoms with van der Waals surface area (Å²) >= 11 is 0. The highest BCUT2D eigenvalue weighted by atomic mass is 16.5. The van der Waals surface area contributed by atoms with Crippen molar-refractivity contribution in [2.75, 3.05) is 5.73 Å². The number of hydrogen-bond acceptors (Lipinski definition) is 3. The van der Waals surface area contributed by atoms with E-state index in [0.29, 0.717) is 18.0 Å². The van der Waals surface area contributed by atoms with Crippen molar-refractivity contribution in [3.8, 4) is 17.5 Å². The molecule has 2 N–H and O–H groups in total. The summed E-state index contributed by atoms with van der Waals surface area (Å²) in [6.07, 6.45) is 1.94. The first-order chi connectivity index (χ1) is 12.1. The molecule has 0 radical (unpaired) electrons. The molecule has 0 atom stereocenters. The zero-order chi connectivity index (χ0) is 17.8. The van der Waals surface area contributed by atoms with Crippen molar-refractivity contribution in [2.24, 2.45) is 0 Å². The molecule has 1 heterocycles. The molecule has 25 heavy (non-hydrogen) atoms. The minimum atomic E-state index is 0.266. The van der Waals surface area contributed by atoms with Crippen LogP contribution in [0, 0.1) is 11.3 Å². The van der Waals surface area contributed by atoms with E-state index in [1.165, 1.54) is 0 Å². The average molecular weight is 331 g/mol. The molecule has 4 heteroatoms. The van der Waals surface area contributed by atoms with Crippen molar-refractivity contribution in [3.05, 3.63) is 77.6 Å². The Balaban J connectivity index is 1.81. The highest BCUT2D eigenvalue weighted by Crippen LogP contribution is 2.29. The van der Waals surface area contributed by atoms with Crippen LogP contribution < -0.4 is 10.5 Å². The largest absolute Gasteiger partial charge is 0.489 e. The van der Waals surface area contributed by atoms with Crippen LogP contribution in [0.3, 0.4) is 0 Å². The molecule has 0 saturated carbocycles. The van der Waals surface area contributed by atoms with Gasteiger partial charge in [0.1, 0.15) is 24.1 Å². The number of benzene rings is 2. The number of nitrogen functional groups attached to an aromatic ring is 1. The third-order valence-electron chi connectivity index (χ3n) is 4.17. The Morgan fingerprint density at radius 1 is 1.08 bits per heavy atom. The lowest BCUT2D eigenvalue weighted by atomic mass is 10.1. The Morgan fingerprint density at radius 2 is 1.76 bits per heavy atom. The van der Waals surface area contributed by atoms with Gasteiger partial charge in [-0.1, -0.05) is 44.2 Å². The highest BCUT2D eigenvalue weighted by Gasteiger charge is 2.16. The summed E-state index contributed by atoms with van der Waals surface area (Å²) in [6, 6.07) is 19.9. The standard InChI is InChI=1S/C21H21N3O/c1-15(2)19-13-24(20(12-22)21(19)23)17-8-10-18(11-9-17)25-14-16-6-4-3-5-7-16/h3-11,13,15H,14,23H2,1-2H3. The van der Waals surface area contributed by atoms with Gasteiger partial charge in [0.15, 0.2) is 0 Å². The van der Waals surface area contributed by atoms with Gasteiger partial charge in [-0.3, -0.25) is 0 Å². The van der Waals surface area contributed by atoms with E-state index in [9.17, 15) is 5.26 Å². The molecule has 0 aliphatic heterocycles. The Kier molecular flexibility index (Phi) is 4.76. The Hall–Kier alpha value is -3.19. The normalized spacial score (nSPS) is 10.6. The van der Waals surface area contributed by atoms with Crippen molar-refractivity contribution in [3.63, 3.8) is 0 Å². The molecule has 2 aromatic carbocycles. The fourth-order valence-electron chi connectivity index (χ4n) is 2.76. The number of nitrogens with zero attached hydrogens (tertiary/aromatic N) is 2. The van der Waals surface area contributed by atoms with Gasteiger partial charge in [0.25, 0.3) is 0 Å². The van der Waals surface area contributed by atoms with E-state index in [-0.39, 0.29) is 5.92 Å². The van der Waals surface area contributed by atoms with Gasteiger partial charge in [-0.25, -0.2) is 0 Å². The molecule has 0 spiro atoms. The van der Waals surface area contributed by atoms with E-state index in [1.807, 2.05) is 65.4 Å². The highest BCUT2D eigenvalue weighted by molar-refractivity contribution is 5.62. The van der Waals surface area contributed by atoms with Crippen LogP contribution in [0.1, 0.15) is 36.6 Å². The molecule has 0 bridgehead atoms. The van der Waals surface area contributed by atoms with Crippen molar-refractivity contribution >= 4 is 5.69 Å². The quantitative estimate of drug-likeness (QED) is 0.741. The summed E-state index contributed by atoms with van der Waals surface area (Å²) in [4.78, 5) is 0. The third-order valence-corrected chi connectivity index (χ3v) is 4.17. The summed E-state index contributed by atoms with van der Waals surface area (Å²) in [5.74, 6) is 1.05. The van der Waals surface area contributed by atoms with E-state index in [4.69, 9.17) is 10.5 Å². The molecular weight excluding hydrogens is 310 g/mol. The fraction of sp³-hybridized carbons (Fsp3) is 0.190. The van der Waals surface area contributed by atoms with E-state index < -0.39 is 0 Å². The molecule has 3 aromatic rings. The molecule has 0 amide bonds. The first-order valence-corrected chi connectivity index (χ1v) is 8.28. The number of rotatable bonds is 5. The van der Waals surface area contributed by atoms with E-state index in [0.717, 1.165) is 22.6 Å². The van der Waals surface area contributed by atoms with E-state index >= 15 is 0 Å². The van der Waals surface area contributed by atoms with Crippen LogP contribution in [0.15, 0.2) is 60.8 Å². The fourth-order valence-corrected chi connectivity index (χ4v) is 2.76. The van der Waals surface area contributed by atoms with Crippen LogP contribution >= 0.6 is 0 Å². The first kappa shape index (κ1) is 16.7. The van der Waals surface area contributed by atoms with Crippen LogP contribution in [0.2, 0.25) is 0 Å². The van der Waals surface area contributed by atoms with Gasteiger partial charge in [-0.2, -0.15) is 5.26 Å². The number of anilines is 1. The second kappa shape index (κ2) is 7.14. The minimum Gasteiger partial charge on any atom is -0.489 e. The van der Waals surface area contributed by atoms with E-state index in [2.05, 4.69) is 19.9 Å². The molecule has 1 aromatic heterocycles. The molecule has 0 fully saturated rings. The van der Waals surface area contributed by atoms with Crippen molar-refractivity contribution in [2.45, 2.75) is 26.4 Å². The van der Waals surface area contributed by atoms with Crippen LogP contribution in [0.4, 0.5) is 5.69 Å². The Bertz CT molecular complexity index is 887. The maximum absolute atomic E-state index is 9.45. The summed E-state index contributed by atoms with van der Waals surface area (Å²) in [7, 11) is 0. The Labute approximate surface area is 148 Å². The third kappa shape index (κ3) is 3.51. The molecular formula is C21H21N3O. The smallest absolute Gasteiger partial charge is 0.148 e. The predicted molar refractivity (Wildman–Crippen MR) is 99.8 cm³/mol. The summed E-state index contributed by atoms with van der Waals surface area (Å²) in [6.45, 7) is 4.66. The lowest BCUT2D eigenvalue weighted by molar-refractivity contribution is 0.306. The van der Waals surface area contributed by atoms with Gasteiger partial charge in [-0.05, 0) is 41.3 Å². The lowest BCUT2D eigenvalue weighted by Crippen LogP contribution is -1.99. The van der Waals surface area contributed by atoms with Gasteiger partial charge >= 0.3 is 0 Å². The molecule has 0 aliphatic carbocycles. The topological polar surface area (TPSA) is 64.0 Å². The minimum absolute atomic E-state index is 0.266. The van der Waals surface area contributed by atoms with Crippen LogP contribution in [-0.2, 0) is 6.61 Å². The summed E-state index contributed by atoms with van der Waals surface area (Å²) < 4.78 is 7.65. The lowest BCUT2D eigenvalue weighted by Gasteiger charge is -2.09. The first-order valence-electron chi connectivity index (χ1n) is 8.28.